The van der Waals surface area contributed by atoms with Gasteiger partial charge in [-0.3, -0.25) is 4.68 Å². The highest BCUT2D eigenvalue weighted by molar-refractivity contribution is 5.25. The molecule has 1 rings (SSSR count). The summed E-state index contributed by atoms with van der Waals surface area (Å²) in [6.45, 7) is 3.66. The number of hydrogen-bond acceptors (Lipinski definition) is 2. The summed E-state index contributed by atoms with van der Waals surface area (Å²) in [5.41, 5.74) is 7.82. The van der Waals surface area contributed by atoms with Crippen LogP contribution in [0.5, 0.6) is 0 Å². The van der Waals surface area contributed by atoms with Crippen molar-refractivity contribution in [2.45, 2.75) is 32.7 Å². The molecule has 1 aromatic rings. The van der Waals surface area contributed by atoms with Crippen LogP contribution < -0.4 is 5.73 Å². The van der Waals surface area contributed by atoms with Crippen LogP contribution in [-0.2, 0) is 13.5 Å². The summed E-state index contributed by atoms with van der Waals surface area (Å²) >= 11 is 0. The molecule has 0 aliphatic rings. The minimum absolute atomic E-state index is 0.184. The third-order valence-electron chi connectivity index (χ3n) is 2.42. The molecule has 0 saturated heterocycles. The molecule has 0 fully saturated rings. The Hall–Kier alpha value is -0.970. The third-order valence-corrected chi connectivity index (χ3v) is 2.42. The maximum absolute atomic E-state index is 12.2. The zero-order valence-corrected chi connectivity index (χ0v) is 8.59. The Morgan fingerprint density at radius 1 is 1.43 bits per heavy atom. The first kappa shape index (κ1) is 11.1. The molecule has 0 bridgehead atoms. The number of hydrogen-bond donors (Lipinski definition) is 1. The molecule has 1 aromatic heterocycles. The quantitative estimate of drug-likeness (QED) is 0.801. The van der Waals surface area contributed by atoms with E-state index in [4.69, 9.17) is 5.73 Å². The highest BCUT2D eigenvalue weighted by atomic mass is 19.3. The highest BCUT2D eigenvalue weighted by Gasteiger charge is 2.19. The van der Waals surface area contributed by atoms with Gasteiger partial charge in [-0.05, 0) is 25.8 Å². The Kier molecular flexibility index (Phi) is 3.21. The number of rotatable bonds is 3. The van der Waals surface area contributed by atoms with Crippen molar-refractivity contribution in [3.05, 3.63) is 17.0 Å². The van der Waals surface area contributed by atoms with Crippen molar-refractivity contribution in [1.29, 1.82) is 0 Å². The van der Waals surface area contributed by atoms with E-state index in [0.29, 0.717) is 0 Å². The number of nitrogens with two attached hydrogens (primary N) is 1. The smallest absolute Gasteiger partial charge is 0.253 e. The maximum atomic E-state index is 12.2. The molecular weight excluding hydrogens is 188 g/mol. The van der Waals surface area contributed by atoms with Crippen LogP contribution in [-0.4, -0.2) is 22.2 Å². The van der Waals surface area contributed by atoms with Crippen LogP contribution in [0.3, 0.4) is 0 Å². The summed E-state index contributed by atoms with van der Waals surface area (Å²) in [5.74, 6) is 0. The van der Waals surface area contributed by atoms with Gasteiger partial charge in [0.1, 0.15) is 0 Å². The van der Waals surface area contributed by atoms with Crippen LogP contribution in [0, 0.1) is 13.8 Å². The van der Waals surface area contributed by atoms with Crippen molar-refractivity contribution < 1.29 is 8.78 Å². The molecule has 0 spiro atoms. The van der Waals surface area contributed by atoms with Crippen molar-refractivity contribution in [3.63, 3.8) is 0 Å². The molecule has 80 valence electrons. The van der Waals surface area contributed by atoms with Crippen LogP contribution >= 0.6 is 0 Å². The Balaban J connectivity index is 2.86. The predicted molar refractivity (Wildman–Crippen MR) is 50.4 cm³/mol. The van der Waals surface area contributed by atoms with Crippen LogP contribution in [0.1, 0.15) is 17.0 Å². The fourth-order valence-corrected chi connectivity index (χ4v) is 1.44. The van der Waals surface area contributed by atoms with Gasteiger partial charge in [0.05, 0.1) is 11.7 Å². The van der Waals surface area contributed by atoms with Gasteiger partial charge in [0.15, 0.2) is 0 Å². The minimum Gasteiger partial charge on any atom is -0.323 e. The maximum Gasteiger partial charge on any atom is 0.253 e. The molecule has 0 amide bonds. The summed E-state index contributed by atoms with van der Waals surface area (Å²) in [5, 5.41) is 4.14. The van der Waals surface area contributed by atoms with E-state index in [1.165, 1.54) is 0 Å². The van der Waals surface area contributed by atoms with E-state index < -0.39 is 12.5 Å². The van der Waals surface area contributed by atoms with Crippen LogP contribution in [0.2, 0.25) is 0 Å². The first-order chi connectivity index (χ1) is 6.43. The molecule has 1 atom stereocenters. The van der Waals surface area contributed by atoms with Gasteiger partial charge in [-0.1, -0.05) is 0 Å². The third kappa shape index (κ3) is 2.09. The summed E-state index contributed by atoms with van der Waals surface area (Å²) in [6.07, 6.45) is -2.29. The number of aromatic nitrogens is 2. The summed E-state index contributed by atoms with van der Waals surface area (Å²) in [4.78, 5) is 0. The van der Waals surface area contributed by atoms with Crippen LogP contribution in [0.4, 0.5) is 8.78 Å². The minimum atomic E-state index is -2.48. The van der Waals surface area contributed by atoms with Gasteiger partial charge < -0.3 is 5.73 Å². The molecule has 3 nitrogen and oxygen atoms in total. The summed E-state index contributed by atoms with van der Waals surface area (Å²) in [7, 11) is 1.79. The molecule has 0 radical (unpaired) electrons. The fraction of sp³-hybridized carbons (Fsp3) is 0.667. The van der Waals surface area contributed by atoms with Crippen LogP contribution in [0.25, 0.3) is 0 Å². The predicted octanol–water partition coefficient (Wildman–Crippen LogP) is 1.17. The van der Waals surface area contributed by atoms with E-state index in [1.54, 1.807) is 18.7 Å². The lowest BCUT2D eigenvalue weighted by Crippen LogP contribution is -2.31. The second-order valence-corrected chi connectivity index (χ2v) is 3.48. The zero-order chi connectivity index (χ0) is 10.9. The monoisotopic (exact) mass is 203 g/mol. The Morgan fingerprint density at radius 3 is 2.36 bits per heavy atom. The van der Waals surface area contributed by atoms with Gasteiger partial charge in [0, 0.05) is 12.7 Å². The second kappa shape index (κ2) is 4.04. The van der Waals surface area contributed by atoms with E-state index in [1.807, 2.05) is 6.92 Å². The molecule has 14 heavy (non-hydrogen) atoms. The van der Waals surface area contributed by atoms with E-state index in [-0.39, 0.29) is 6.42 Å². The molecule has 2 N–H and O–H groups in total. The number of aryl methyl sites for hydroxylation is 2. The van der Waals surface area contributed by atoms with Crippen molar-refractivity contribution in [2.75, 3.05) is 0 Å². The molecular formula is C9H15F2N3. The van der Waals surface area contributed by atoms with Crippen molar-refractivity contribution in [2.24, 2.45) is 12.8 Å². The number of nitrogens with zero attached hydrogens (tertiary/aromatic N) is 2. The van der Waals surface area contributed by atoms with Gasteiger partial charge in [0.25, 0.3) is 6.43 Å². The topological polar surface area (TPSA) is 43.8 Å². The fourth-order valence-electron chi connectivity index (χ4n) is 1.44. The SMILES string of the molecule is Cc1nn(C)c(C)c1CC(N)C(F)F. The molecule has 0 aliphatic heterocycles. The average molecular weight is 203 g/mol. The average Bonchev–Trinajstić information content (AvgIpc) is 2.32. The van der Waals surface area contributed by atoms with E-state index in [0.717, 1.165) is 17.0 Å². The van der Waals surface area contributed by atoms with Crippen LogP contribution in [0.15, 0.2) is 0 Å². The first-order valence-electron chi connectivity index (χ1n) is 4.46. The van der Waals surface area contributed by atoms with Gasteiger partial charge >= 0.3 is 0 Å². The molecule has 1 unspecified atom stereocenters. The normalized spacial score (nSPS) is 13.6. The molecule has 1 heterocycles. The van der Waals surface area contributed by atoms with Crippen molar-refractivity contribution >= 4 is 0 Å². The number of halogens is 2. The Morgan fingerprint density at radius 2 is 2.00 bits per heavy atom. The molecule has 0 saturated carbocycles. The summed E-state index contributed by atoms with van der Waals surface area (Å²) < 4.78 is 26.1. The van der Waals surface area contributed by atoms with E-state index in [9.17, 15) is 8.78 Å². The largest absolute Gasteiger partial charge is 0.323 e. The molecule has 5 heteroatoms. The highest BCUT2D eigenvalue weighted by Crippen LogP contribution is 2.15. The van der Waals surface area contributed by atoms with Gasteiger partial charge in [-0.25, -0.2) is 8.78 Å². The molecule has 0 aromatic carbocycles. The number of alkyl halides is 2. The van der Waals surface area contributed by atoms with Gasteiger partial charge in [0.2, 0.25) is 0 Å². The standard InChI is InChI=1S/C9H15F2N3/c1-5-7(4-8(12)9(10)11)6(2)14(3)13-5/h8-9H,4,12H2,1-3H3. The molecule has 0 aliphatic carbocycles. The Labute approximate surface area is 81.9 Å². The lowest BCUT2D eigenvalue weighted by Gasteiger charge is -2.10. The zero-order valence-electron chi connectivity index (χ0n) is 8.59. The first-order valence-corrected chi connectivity index (χ1v) is 4.46. The van der Waals surface area contributed by atoms with Gasteiger partial charge in [-0.2, -0.15) is 5.10 Å². The lowest BCUT2D eigenvalue weighted by molar-refractivity contribution is 0.116. The van der Waals surface area contributed by atoms with Gasteiger partial charge in [-0.15, -0.1) is 0 Å². The van der Waals surface area contributed by atoms with E-state index in [2.05, 4.69) is 5.10 Å². The lowest BCUT2D eigenvalue weighted by atomic mass is 10.1. The summed E-state index contributed by atoms with van der Waals surface area (Å²) in [6, 6.07) is -1.10. The van der Waals surface area contributed by atoms with Crippen molar-refractivity contribution in [3.8, 4) is 0 Å². The second-order valence-electron chi connectivity index (χ2n) is 3.48. The van der Waals surface area contributed by atoms with Crippen molar-refractivity contribution in [1.82, 2.24) is 9.78 Å². The van der Waals surface area contributed by atoms with E-state index >= 15 is 0 Å². The Bertz CT molecular complexity index is 320.